The van der Waals surface area contributed by atoms with Crippen LogP contribution in [0.3, 0.4) is 0 Å². The third-order valence-electron chi connectivity index (χ3n) is 3.60. The molecular formula is C17H19BrF2N4O3. The molecule has 0 saturated heterocycles. The topological polar surface area (TPSA) is 78.2 Å². The summed E-state index contributed by atoms with van der Waals surface area (Å²) in [4.78, 5) is 23.9. The zero-order valence-corrected chi connectivity index (χ0v) is 16.2. The van der Waals surface area contributed by atoms with Gasteiger partial charge in [0.25, 0.3) is 0 Å². The first kappa shape index (κ1) is 20.8. The van der Waals surface area contributed by atoms with E-state index in [9.17, 15) is 18.4 Å². The lowest BCUT2D eigenvalue weighted by Crippen LogP contribution is -2.30. The predicted octanol–water partition coefficient (Wildman–Crippen LogP) is 3.32. The maximum Gasteiger partial charge on any atom is 0.407 e. The average molecular weight is 445 g/mol. The number of nitrogens with zero attached hydrogens (tertiary/aromatic N) is 3. The van der Waals surface area contributed by atoms with Crippen LogP contribution in [0.4, 0.5) is 13.6 Å². The molecule has 1 heterocycles. The van der Waals surface area contributed by atoms with Crippen LogP contribution < -0.4 is 11.0 Å². The summed E-state index contributed by atoms with van der Waals surface area (Å²) in [5.74, 6) is -0.608. The molecule has 0 aliphatic rings. The second-order valence-corrected chi connectivity index (χ2v) is 6.56. The minimum absolute atomic E-state index is 0.0258. The second kappa shape index (κ2) is 10.0. The number of carbonyl (C=O) groups excluding carboxylic acids is 1. The molecule has 2 rings (SSSR count). The normalized spacial score (nSPS) is 11.5. The van der Waals surface area contributed by atoms with Gasteiger partial charge >= 0.3 is 11.8 Å². The van der Waals surface area contributed by atoms with Crippen LogP contribution in [-0.4, -0.2) is 33.6 Å². The van der Waals surface area contributed by atoms with Crippen molar-refractivity contribution in [2.24, 2.45) is 0 Å². The monoisotopic (exact) mass is 444 g/mol. The largest absolute Gasteiger partial charge is 0.450 e. The first-order valence-corrected chi connectivity index (χ1v) is 9.04. The molecule has 0 aliphatic heterocycles. The molecule has 2 aromatic rings. The van der Waals surface area contributed by atoms with Gasteiger partial charge in [0, 0.05) is 11.0 Å². The third kappa shape index (κ3) is 5.75. The summed E-state index contributed by atoms with van der Waals surface area (Å²) in [6.45, 7) is 1.89. The van der Waals surface area contributed by atoms with E-state index in [2.05, 4.69) is 26.3 Å². The Morgan fingerprint density at radius 1 is 1.44 bits per heavy atom. The number of hydrogen-bond acceptors (Lipinski definition) is 4. The summed E-state index contributed by atoms with van der Waals surface area (Å²) in [6, 6.07) is 4.23. The minimum atomic E-state index is -0.669. The molecule has 0 spiro atoms. The van der Waals surface area contributed by atoms with Crippen molar-refractivity contribution in [3.8, 4) is 5.69 Å². The standard InChI is InChI=1S/C17H19BrF2N4O3/c1-2-3-6-27-16(25)21-9-12(8-19)10-24-17(26)23(11-22-24)15-5-4-13(18)7-14(15)20/h4-5,7-8,11H,2-3,6,9-10H2,1H3,(H,21,25)/b12-8+. The number of ether oxygens (including phenoxy) is 1. The number of halogens is 3. The number of carbonyl (C=O) groups is 1. The second-order valence-electron chi connectivity index (χ2n) is 5.65. The smallest absolute Gasteiger partial charge is 0.407 e. The van der Waals surface area contributed by atoms with Gasteiger partial charge in [-0.25, -0.2) is 27.6 Å². The molecule has 0 saturated carbocycles. The van der Waals surface area contributed by atoms with Crippen molar-refractivity contribution in [2.45, 2.75) is 26.3 Å². The van der Waals surface area contributed by atoms with E-state index in [1.165, 1.54) is 12.1 Å². The number of hydrogen-bond donors (Lipinski definition) is 1. The molecule has 146 valence electrons. The van der Waals surface area contributed by atoms with Gasteiger partial charge in [0.05, 0.1) is 25.2 Å². The fraction of sp³-hybridized carbons (Fsp3) is 0.353. The lowest BCUT2D eigenvalue weighted by molar-refractivity contribution is 0.145. The zero-order valence-electron chi connectivity index (χ0n) is 14.6. The molecule has 1 amide bonds. The van der Waals surface area contributed by atoms with Crippen LogP contribution in [0.15, 0.2) is 45.7 Å². The van der Waals surface area contributed by atoms with Crippen LogP contribution in [0.25, 0.3) is 5.69 Å². The highest BCUT2D eigenvalue weighted by atomic mass is 79.9. The summed E-state index contributed by atoms with van der Waals surface area (Å²) in [6.07, 6.45) is 2.39. The molecule has 0 radical (unpaired) electrons. The minimum Gasteiger partial charge on any atom is -0.450 e. The number of rotatable bonds is 8. The Morgan fingerprint density at radius 3 is 2.89 bits per heavy atom. The van der Waals surface area contributed by atoms with Gasteiger partial charge in [-0.15, -0.1) is 0 Å². The van der Waals surface area contributed by atoms with Gasteiger partial charge in [0.2, 0.25) is 0 Å². The van der Waals surface area contributed by atoms with Gasteiger partial charge in [-0.2, -0.15) is 5.10 Å². The number of aromatic nitrogens is 3. The van der Waals surface area contributed by atoms with Crippen molar-refractivity contribution < 1.29 is 18.3 Å². The first-order chi connectivity index (χ1) is 13.0. The molecular weight excluding hydrogens is 426 g/mol. The van der Waals surface area contributed by atoms with Gasteiger partial charge in [-0.05, 0) is 30.2 Å². The Morgan fingerprint density at radius 2 is 2.22 bits per heavy atom. The van der Waals surface area contributed by atoms with Crippen molar-refractivity contribution in [3.63, 3.8) is 0 Å². The lowest BCUT2D eigenvalue weighted by Gasteiger charge is -2.08. The van der Waals surface area contributed by atoms with E-state index in [4.69, 9.17) is 4.74 Å². The van der Waals surface area contributed by atoms with Crippen LogP contribution in [0.2, 0.25) is 0 Å². The zero-order chi connectivity index (χ0) is 19.8. The highest BCUT2D eigenvalue weighted by molar-refractivity contribution is 9.10. The van der Waals surface area contributed by atoms with Crippen LogP contribution in [-0.2, 0) is 11.3 Å². The predicted molar refractivity (Wildman–Crippen MR) is 98.9 cm³/mol. The molecule has 7 nitrogen and oxygen atoms in total. The van der Waals surface area contributed by atoms with Gasteiger partial charge in [0.15, 0.2) is 0 Å². The van der Waals surface area contributed by atoms with Crippen molar-refractivity contribution in [1.29, 1.82) is 0 Å². The van der Waals surface area contributed by atoms with Crippen molar-refractivity contribution >= 4 is 22.0 Å². The van der Waals surface area contributed by atoms with Crippen LogP contribution >= 0.6 is 15.9 Å². The van der Waals surface area contributed by atoms with Crippen molar-refractivity contribution in [3.05, 3.63) is 57.2 Å². The van der Waals surface area contributed by atoms with E-state index in [-0.39, 0.29) is 37.3 Å². The van der Waals surface area contributed by atoms with Crippen LogP contribution in [0, 0.1) is 5.82 Å². The number of nitrogens with one attached hydrogen (secondary N) is 1. The van der Waals surface area contributed by atoms with Gasteiger partial charge in [-0.1, -0.05) is 29.3 Å². The Labute approximate surface area is 162 Å². The summed E-state index contributed by atoms with van der Waals surface area (Å²) in [7, 11) is 0. The molecule has 1 aromatic carbocycles. The highest BCUT2D eigenvalue weighted by Gasteiger charge is 2.13. The van der Waals surface area contributed by atoms with Gasteiger partial charge in [0.1, 0.15) is 12.1 Å². The van der Waals surface area contributed by atoms with Gasteiger partial charge < -0.3 is 10.1 Å². The Kier molecular flexibility index (Phi) is 7.71. The fourth-order valence-electron chi connectivity index (χ4n) is 2.15. The molecule has 0 atom stereocenters. The third-order valence-corrected chi connectivity index (χ3v) is 4.09. The quantitative estimate of drug-likeness (QED) is 0.633. The van der Waals surface area contributed by atoms with Gasteiger partial charge in [-0.3, -0.25) is 0 Å². The Bertz CT molecular complexity index is 879. The summed E-state index contributed by atoms with van der Waals surface area (Å²) in [5, 5.41) is 6.27. The Balaban J connectivity index is 2.03. The maximum absolute atomic E-state index is 14.0. The molecule has 0 unspecified atom stereocenters. The lowest BCUT2D eigenvalue weighted by atomic mass is 10.3. The van der Waals surface area contributed by atoms with E-state index in [0.29, 0.717) is 4.47 Å². The average Bonchev–Trinajstić information content (AvgIpc) is 2.99. The Hall–Kier alpha value is -2.49. The number of alkyl carbamates (subject to hydrolysis) is 1. The highest BCUT2D eigenvalue weighted by Crippen LogP contribution is 2.17. The molecule has 10 heteroatoms. The first-order valence-electron chi connectivity index (χ1n) is 8.25. The van der Waals surface area contributed by atoms with E-state index in [1.54, 1.807) is 6.07 Å². The van der Waals surface area contributed by atoms with E-state index < -0.39 is 17.6 Å². The van der Waals surface area contributed by atoms with E-state index in [1.807, 2.05) is 6.92 Å². The van der Waals surface area contributed by atoms with E-state index >= 15 is 0 Å². The summed E-state index contributed by atoms with van der Waals surface area (Å²) >= 11 is 3.14. The fourth-order valence-corrected chi connectivity index (χ4v) is 2.49. The summed E-state index contributed by atoms with van der Waals surface area (Å²) in [5.41, 5.74) is -0.509. The van der Waals surface area contributed by atoms with Crippen LogP contribution in [0.5, 0.6) is 0 Å². The van der Waals surface area contributed by atoms with Crippen molar-refractivity contribution in [2.75, 3.05) is 13.2 Å². The van der Waals surface area contributed by atoms with E-state index in [0.717, 1.165) is 28.4 Å². The summed E-state index contributed by atoms with van der Waals surface area (Å²) < 4.78 is 34.6. The number of benzene rings is 1. The molecule has 0 aliphatic carbocycles. The molecule has 27 heavy (non-hydrogen) atoms. The van der Waals surface area contributed by atoms with Crippen molar-refractivity contribution in [1.82, 2.24) is 19.7 Å². The number of unbranched alkanes of at least 4 members (excludes halogenated alkanes) is 1. The molecule has 0 fully saturated rings. The molecule has 1 aromatic heterocycles. The molecule has 0 bridgehead atoms. The SMILES string of the molecule is CCCCOC(=O)NC/C(=C\F)Cn1ncn(-c2ccc(Br)cc2F)c1=O. The van der Waals surface area contributed by atoms with Crippen LogP contribution in [0.1, 0.15) is 19.8 Å². The maximum atomic E-state index is 14.0. The number of amides is 1. The molecule has 1 N–H and O–H groups in total.